The molecule has 0 radical (unpaired) electrons. The fourth-order valence-corrected chi connectivity index (χ4v) is 5.33. The van der Waals surface area contributed by atoms with Crippen molar-refractivity contribution in [3.05, 3.63) is 28.8 Å². The summed E-state index contributed by atoms with van der Waals surface area (Å²) in [4.78, 5) is 14.8. The minimum atomic E-state index is -3.59. The van der Waals surface area contributed by atoms with Crippen LogP contribution in [-0.4, -0.2) is 62.9 Å². The van der Waals surface area contributed by atoms with E-state index < -0.39 is 10.0 Å². The molecule has 0 saturated carbocycles. The molecule has 0 N–H and O–H groups in total. The molecule has 2 aliphatic rings. The van der Waals surface area contributed by atoms with Gasteiger partial charge in [-0.25, -0.2) is 8.42 Å². The summed E-state index contributed by atoms with van der Waals surface area (Å²) in [6.45, 7) is 9.05. The van der Waals surface area contributed by atoms with Crippen LogP contribution in [0.1, 0.15) is 41.3 Å². The topological polar surface area (TPSA) is 66.9 Å². The van der Waals surface area contributed by atoms with Crippen molar-refractivity contribution in [2.24, 2.45) is 5.92 Å². The zero-order chi connectivity index (χ0) is 18.9. The Morgan fingerprint density at radius 2 is 1.69 bits per heavy atom. The van der Waals surface area contributed by atoms with Gasteiger partial charge in [-0.3, -0.25) is 4.79 Å². The summed E-state index contributed by atoms with van der Waals surface area (Å²) < 4.78 is 33.3. The summed E-state index contributed by atoms with van der Waals surface area (Å²) in [5, 5.41) is 0. The van der Waals surface area contributed by atoms with Crippen LogP contribution in [0.3, 0.4) is 0 Å². The highest BCUT2D eigenvalue weighted by molar-refractivity contribution is 7.89. The predicted octanol–water partition coefficient (Wildman–Crippen LogP) is 2.20. The van der Waals surface area contributed by atoms with E-state index >= 15 is 0 Å². The van der Waals surface area contributed by atoms with Crippen molar-refractivity contribution in [1.29, 1.82) is 0 Å². The number of carbonyl (C=O) groups is 1. The quantitative estimate of drug-likeness (QED) is 0.806. The molecular weight excluding hydrogens is 352 g/mol. The van der Waals surface area contributed by atoms with E-state index in [9.17, 15) is 13.2 Å². The van der Waals surface area contributed by atoms with Gasteiger partial charge >= 0.3 is 0 Å². The first-order valence-corrected chi connectivity index (χ1v) is 10.7. The van der Waals surface area contributed by atoms with Crippen LogP contribution in [0.15, 0.2) is 17.0 Å². The van der Waals surface area contributed by atoms with Crippen molar-refractivity contribution in [2.75, 3.05) is 39.4 Å². The molecule has 1 amide bonds. The summed E-state index contributed by atoms with van der Waals surface area (Å²) in [5.74, 6) is 0.429. The molecule has 0 atom stereocenters. The Hall–Kier alpha value is -1.44. The second kappa shape index (κ2) is 7.66. The first-order valence-electron chi connectivity index (χ1n) is 9.29. The van der Waals surface area contributed by atoms with Gasteiger partial charge in [-0.15, -0.1) is 0 Å². The lowest BCUT2D eigenvalue weighted by Gasteiger charge is -2.30. The van der Waals surface area contributed by atoms with E-state index in [1.54, 1.807) is 21.3 Å². The molecule has 2 aliphatic heterocycles. The standard InChI is InChI=1S/C19H28N2O4S/c1-14-4-6-21(7-5-14)26(23,24)18-13-17(12-15(2)16(18)3)19(22)20-8-10-25-11-9-20/h12-14H,4-11H2,1-3H3. The van der Waals surface area contributed by atoms with Gasteiger partial charge in [0.2, 0.25) is 10.0 Å². The van der Waals surface area contributed by atoms with Gasteiger partial charge in [-0.05, 0) is 55.9 Å². The van der Waals surface area contributed by atoms with E-state index in [4.69, 9.17) is 4.74 Å². The molecule has 2 fully saturated rings. The highest BCUT2D eigenvalue weighted by atomic mass is 32.2. The smallest absolute Gasteiger partial charge is 0.254 e. The Bertz CT molecular complexity index is 777. The summed E-state index contributed by atoms with van der Waals surface area (Å²) in [6, 6.07) is 3.36. The fourth-order valence-electron chi connectivity index (χ4n) is 3.53. The number of rotatable bonds is 3. The molecule has 0 spiro atoms. The zero-order valence-corrected chi connectivity index (χ0v) is 16.6. The molecule has 0 bridgehead atoms. The van der Waals surface area contributed by atoms with E-state index in [1.807, 2.05) is 13.8 Å². The average Bonchev–Trinajstić information content (AvgIpc) is 2.64. The Kier molecular flexibility index (Phi) is 5.69. The monoisotopic (exact) mass is 380 g/mol. The van der Waals surface area contributed by atoms with Crippen molar-refractivity contribution >= 4 is 15.9 Å². The van der Waals surface area contributed by atoms with Crippen molar-refractivity contribution in [3.8, 4) is 0 Å². The molecule has 2 saturated heterocycles. The summed E-state index contributed by atoms with van der Waals surface area (Å²) in [7, 11) is -3.59. The molecule has 1 aromatic carbocycles. The lowest BCUT2D eigenvalue weighted by atomic mass is 10.0. The third-order valence-electron chi connectivity index (χ3n) is 5.53. The Morgan fingerprint density at radius 1 is 1.08 bits per heavy atom. The number of carbonyl (C=O) groups excluding carboxylic acids is 1. The number of ether oxygens (including phenoxy) is 1. The number of hydrogen-bond donors (Lipinski definition) is 0. The van der Waals surface area contributed by atoms with Gasteiger partial charge in [0.1, 0.15) is 0 Å². The molecule has 7 heteroatoms. The summed E-state index contributed by atoms with van der Waals surface area (Å²) in [5.41, 5.74) is 1.99. The SMILES string of the molecule is Cc1cc(C(=O)N2CCOCC2)cc(S(=O)(=O)N2CCC(C)CC2)c1C. The van der Waals surface area contributed by atoms with Crippen molar-refractivity contribution < 1.29 is 17.9 Å². The Labute approximate surface area is 156 Å². The van der Waals surface area contributed by atoms with Gasteiger partial charge in [0, 0.05) is 31.7 Å². The number of sulfonamides is 1. The van der Waals surface area contributed by atoms with Crippen molar-refractivity contribution in [1.82, 2.24) is 9.21 Å². The first kappa shape index (κ1) is 19.3. The van der Waals surface area contributed by atoms with Crippen molar-refractivity contribution in [3.63, 3.8) is 0 Å². The molecular formula is C19H28N2O4S. The number of morpholine rings is 1. The van der Waals surface area contributed by atoms with Crippen LogP contribution in [0.2, 0.25) is 0 Å². The van der Waals surface area contributed by atoms with Gasteiger partial charge in [0.25, 0.3) is 5.91 Å². The molecule has 6 nitrogen and oxygen atoms in total. The second-order valence-corrected chi connectivity index (χ2v) is 9.31. The molecule has 0 aliphatic carbocycles. The van der Waals surface area contributed by atoms with E-state index in [2.05, 4.69) is 6.92 Å². The van der Waals surface area contributed by atoms with Crippen LogP contribution in [-0.2, 0) is 14.8 Å². The lowest BCUT2D eigenvalue weighted by molar-refractivity contribution is 0.0302. The number of hydrogen-bond acceptors (Lipinski definition) is 4. The molecule has 0 unspecified atom stereocenters. The molecule has 2 heterocycles. The normalized spacial score (nSPS) is 20.3. The summed E-state index contributed by atoms with van der Waals surface area (Å²) in [6.07, 6.45) is 1.76. The Balaban J connectivity index is 1.94. The average molecular weight is 381 g/mol. The molecule has 1 aromatic rings. The van der Waals surface area contributed by atoms with Gasteiger partial charge < -0.3 is 9.64 Å². The minimum absolute atomic E-state index is 0.125. The van der Waals surface area contributed by atoms with Crippen LogP contribution >= 0.6 is 0 Å². The zero-order valence-electron chi connectivity index (χ0n) is 15.8. The molecule has 3 rings (SSSR count). The highest BCUT2D eigenvalue weighted by Gasteiger charge is 2.31. The van der Waals surface area contributed by atoms with Crippen LogP contribution < -0.4 is 0 Å². The Morgan fingerprint density at radius 3 is 2.31 bits per heavy atom. The maximum Gasteiger partial charge on any atom is 0.254 e. The molecule has 144 valence electrons. The highest BCUT2D eigenvalue weighted by Crippen LogP contribution is 2.28. The van der Waals surface area contributed by atoms with Gasteiger partial charge in [-0.1, -0.05) is 6.92 Å². The van der Waals surface area contributed by atoms with E-state index in [1.165, 1.54) is 0 Å². The number of benzene rings is 1. The largest absolute Gasteiger partial charge is 0.378 e. The third kappa shape index (κ3) is 3.80. The van der Waals surface area contributed by atoms with Gasteiger partial charge in [0.15, 0.2) is 0 Å². The minimum Gasteiger partial charge on any atom is -0.378 e. The number of nitrogens with zero attached hydrogens (tertiary/aromatic N) is 2. The maximum absolute atomic E-state index is 13.2. The number of amides is 1. The first-order chi connectivity index (χ1) is 12.3. The summed E-state index contributed by atoms with van der Waals surface area (Å²) >= 11 is 0. The molecule has 0 aromatic heterocycles. The molecule has 26 heavy (non-hydrogen) atoms. The van der Waals surface area contributed by atoms with Crippen LogP contribution in [0, 0.1) is 19.8 Å². The number of aryl methyl sites for hydroxylation is 1. The predicted molar refractivity (Wildman–Crippen MR) is 99.8 cm³/mol. The van der Waals surface area contributed by atoms with E-state index in [0.717, 1.165) is 24.0 Å². The van der Waals surface area contributed by atoms with Crippen LogP contribution in [0.5, 0.6) is 0 Å². The third-order valence-corrected chi connectivity index (χ3v) is 7.55. The van der Waals surface area contributed by atoms with Crippen LogP contribution in [0.4, 0.5) is 0 Å². The van der Waals surface area contributed by atoms with Gasteiger partial charge in [-0.2, -0.15) is 4.31 Å². The van der Waals surface area contributed by atoms with Gasteiger partial charge in [0.05, 0.1) is 18.1 Å². The fraction of sp³-hybridized carbons (Fsp3) is 0.632. The second-order valence-electron chi connectivity index (χ2n) is 7.41. The lowest BCUT2D eigenvalue weighted by Crippen LogP contribution is -2.41. The van der Waals surface area contributed by atoms with Crippen molar-refractivity contribution in [2.45, 2.75) is 38.5 Å². The van der Waals surface area contributed by atoms with E-state index in [-0.39, 0.29) is 10.8 Å². The number of piperidine rings is 1. The van der Waals surface area contributed by atoms with Crippen LogP contribution in [0.25, 0.3) is 0 Å². The van der Waals surface area contributed by atoms with E-state index in [0.29, 0.717) is 50.9 Å². The maximum atomic E-state index is 13.2.